The molecule has 1 atom stereocenters. The van der Waals surface area contributed by atoms with Crippen molar-refractivity contribution in [2.24, 2.45) is 0 Å². The number of amides is 2. The summed E-state index contributed by atoms with van der Waals surface area (Å²) in [5, 5.41) is 6.53. The van der Waals surface area contributed by atoms with Crippen LogP contribution in [0.1, 0.15) is 22.3 Å². The Bertz CT molecular complexity index is 812. The maximum atomic E-state index is 12.5. The predicted molar refractivity (Wildman–Crippen MR) is 101 cm³/mol. The zero-order valence-corrected chi connectivity index (χ0v) is 15.3. The van der Waals surface area contributed by atoms with Crippen LogP contribution >= 0.6 is 11.6 Å². The summed E-state index contributed by atoms with van der Waals surface area (Å²) in [5.41, 5.74) is 1.56. The fourth-order valence-electron chi connectivity index (χ4n) is 3.09. The van der Waals surface area contributed by atoms with Gasteiger partial charge >= 0.3 is 0 Å². The van der Waals surface area contributed by atoms with Gasteiger partial charge in [0.25, 0.3) is 5.91 Å². The molecule has 0 aliphatic carbocycles. The molecular weight excluding hydrogens is 352 g/mol. The van der Waals surface area contributed by atoms with Crippen LogP contribution in [0.2, 0.25) is 5.02 Å². The van der Waals surface area contributed by atoms with Crippen molar-refractivity contribution in [2.75, 3.05) is 25.5 Å². The summed E-state index contributed by atoms with van der Waals surface area (Å²) < 4.78 is 0. The molecule has 1 saturated heterocycles. The number of carbonyl (C=O) groups excluding carboxylic acids is 2. The summed E-state index contributed by atoms with van der Waals surface area (Å²) in [4.78, 5) is 30.6. The van der Waals surface area contributed by atoms with E-state index in [4.69, 9.17) is 11.6 Å². The first-order valence-corrected chi connectivity index (χ1v) is 8.90. The first-order valence-electron chi connectivity index (χ1n) is 8.52. The van der Waals surface area contributed by atoms with Gasteiger partial charge in [-0.3, -0.25) is 9.59 Å². The Hall–Kier alpha value is -2.60. The van der Waals surface area contributed by atoms with Crippen molar-refractivity contribution in [3.05, 3.63) is 58.7 Å². The van der Waals surface area contributed by atoms with E-state index >= 15 is 0 Å². The molecule has 1 aliphatic rings. The quantitative estimate of drug-likeness (QED) is 0.816. The number of hydrogen-bond acceptors (Lipinski definition) is 4. The third-order valence-corrected chi connectivity index (χ3v) is 4.63. The van der Waals surface area contributed by atoms with Crippen LogP contribution in [0.5, 0.6) is 0 Å². The highest BCUT2D eigenvalue weighted by molar-refractivity contribution is 6.30. The zero-order valence-electron chi connectivity index (χ0n) is 14.5. The van der Waals surface area contributed by atoms with Gasteiger partial charge in [-0.2, -0.15) is 0 Å². The average Bonchev–Trinajstić information content (AvgIpc) is 2.99. The minimum atomic E-state index is -0.225. The molecule has 0 bridgehead atoms. The average molecular weight is 373 g/mol. The van der Waals surface area contributed by atoms with E-state index in [1.807, 2.05) is 24.3 Å². The number of likely N-dealkylation sites (tertiary alicyclic amines) is 1. The number of benzene rings is 1. The third-order valence-electron chi connectivity index (χ3n) is 4.40. The smallest absolute Gasteiger partial charge is 0.255 e. The second-order valence-electron chi connectivity index (χ2n) is 6.24. The maximum absolute atomic E-state index is 12.5. The molecule has 0 radical (unpaired) electrons. The number of rotatable bonds is 6. The molecule has 1 fully saturated rings. The van der Waals surface area contributed by atoms with Crippen LogP contribution < -0.4 is 10.6 Å². The van der Waals surface area contributed by atoms with Gasteiger partial charge in [-0.15, -0.1) is 0 Å². The number of pyridine rings is 1. The lowest BCUT2D eigenvalue weighted by molar-refractivity contribution is -0.127. The molecular formula is C19H21ClN4O2. The third kappa shape index (κ3) is 4.32. The van der Waals surface area contributed by atoms with E-state index < -0.39 is 0 Å². The lowest BCUT2D eigenvalue weighted by atomic mass is 10.1. The molecule has 1 aliphatic heterocycles. The highest BCUT2D eigenvalue weighted by atomic mass is 35.5. The molecule has 3 rings (SSSR count). The van der Waals surface area contributed by atoms with Gasteiger partial charge in [0.15, 0.2) is 0 Å². The van der Waals surface area contributed by atoms with Crippen molar-refractivity contribution >= 4 is 29.2 Å². The highest BCUT2D eigenvalue weighted by Gasteiger charge is 2.30. The molecule has 1 aromatic carbocycles. The van der Waals surface area contributed by atoms with Crippen molar-refractivity contribution in [2.45, 2.75) is 18.9 Å². The Kier molecular flexibility index (Phi) is 5.73. The van der Waals surface area contributed by atoms with Gasteiger partial charge in [0, 0.05) is 37.8 Å². The molecule has 1 aromatic heterocycles. The molecule has 1 unspecified atom stereocenters. The number of halogens is 1. The standard InChI is InChI=1S/C19H21ClN4O2/c1-21-18-16(6-3-8-22-18)19(26)23-15-11-17(25)24(12-15)9-7-13-4-2-5-14(20)10-13/h2-6,8,10,15H,7,9,11-12H2,1H3,(H,21,22)(H,23,26). The van der Waals surface area contributed by atoms with Gasteiger partial charge in [-0.1, -0.05) is 23.7 Å². The van der Waals surface area contributed by atoms with Crippen molar-refractivity contribution in [3.8, 4) is 0 Å². The normalized spacial score (nSPS) is 16.6. The van der Waals surface area contributed by atoms with Gasteiger partial charge in [-0.05, 0) is 36.2 Å². The van der Waals surface area contributed by atoms with Crippen LogP contribution in [-0.4, -0.2) is 47.9 Å². The topological polar surface area (TPSA) is 74.3 Å². The minimum absolute atomic E-state index is 0.0531. The van der Waals surface area contributed by atoms with Crippen molar-refractivity contribution in [1.29, 1.82) is 0 Å². The molecule has 0 spiro atoms. The van der Waals surface area contributed by atoms with E-state index in [0.29, 0.717) is 35.9 Å². The van der Waals surface area contributed by atoms with E-state index in [0.717, 1.165) is 12.0 Å². The van der Waals surface area contributed by atoms with Crippen LogP contribution in [0.3, 0.4) is 0 Å². The molecule has 2 aromatic rings. The van der Waals surface area contributed by atoms with Gasteiger partial charge in [0.2, 0.25) is 5.91 Å². The molecule has 6 nitrogen and oxygen atoms in total. The number of aromatic nitrogens is 1. The summed E-state index contributed by atoms with van der Waals surface area (Å²) in [5.74, 6) is 0.349. The number of anilines is 1. The highest BCUT2D eigenvalue weighted by Crippen LogP contribution is 2.16. The maximum Gasteiger partial charge on any atom is 0.255 e. The Balaban J connectivity index is 1.56. The number of hydrogen-bond donors (Lipinski definition) is 2. The van der Waals surface area contributed by atoms with Crippen LogP contribution in [0.25, 0.3) is 0 Å². The Morgan fingerprint density at radius 1 is 1.35 bits per heavy atom. The second-order valence-corrected chi connectivity index (χ2v) is 6.68. The minimum Gasteiger partial charge on any atom is -0.372 e. The summed E-state index contributed by atoms with van der Waals surface area (Å²) in [6.07, 6.45) is 2.68. The lowest BCUT2D eigenvalue weighted by Gasteiger charge is -2.17. The monoisotopic (exact) mass is 372 g/mol. The van der Waals surface area contributed by atoms with Crippen LogP contribution in [0.4, 0.5) is 5.82 Å². The SMILES string of the molecule is CNc1ncccc1C(=O)NC1CC(=O)N(CCc2cccc(Cl)c2)C1. The molecule has 26 heavy (non-hydrogen) atoms. The Morgan fingerprint density at radius 2 is 2.19 bits per heavy atom. The van der Waals surface area contributed by atoms with Gasteiger partial charge in [-0.25, -0.2) is 4.98 Å². The lowest BCUT2D eigenvalue weighted by Crippen LogP contribution is -2.37. The van der Waals surface area contributed by atoms with Gasteiger partial charge in [0.1, 0.15) is 5.82 Å². The first kappa shape index (κ1) is 18.2. The van der Waals surface area contributed by atoms with E-state index in [1.165, 1.54) is 0 Å². The molecule has 136 valence electrons. The van der Waals surface area contributed by atoms with E-state index in [9.17, 15) is 9.59 Å². The van der Waals surface area contributed by atoms with Crippen molar-refractivity contribution in [1.82, 2.24) is 15.2 Å². The number of carbonyl (C=O) groups is 2. The summed E-state index contributed by atoms with van der Waals surface area (Å²) >= 11 is 5.99. The molecule has 2 heterocycles. The van der Waals surface area contributed by atoms with Crippen molar-refractivity contribution < 1.29 is 9.59 Å². The summed E-state index contributed by atoms with van der Waals surface area (Å²) in [7, 11) is 1.72. The zero-order chi connectivity index (χ0) is 18.5. The Labute approximate surface area is 157 Å². The second kappa shape index (κ2) is 8.19. The van der Waals surface area contributed by atoms with Gasteiger partial charge in [0.05, 0.1) is 11.6 Å². The van der Waals surface area contributed by atoms with Crippen LogP contribution in [0, 0.1) is 0 Å². The first-order chi connectivity index (χ1) is 12.6. The fourth-order valence-corrected chi connectivity index (χ4v) is 3.31. The van der Waals surface area contributed by atoms with Crippen LogP contribution in [-0.2, 0) is 11.2 Å². The predicted octanol–water partition coefficient (Wildman–Crippen LogP) is 2.35. The van der Waals surface area contributed by atoms with E-state index in [2.05, 4.69) is 15.6 Å². The summed E-state index contributed by atoms with van der Waals surface area (Å²) in [6.45, 7) is 1.13. The fraction of sp³-hybridized carbons (Fsp3) is 0.316. The van der Waals surface area contributed by atoms with Crippen molar-refractivity contribution in [3.63, 3.8) is 0 Å². The molecule has 7 heteroatoms. The number of nitrogens with zero attached hydrogens (tertiary/aromatic N) is 2. The number of nitrogens with one attached hydrogen (secondary N) is 2. The van der Waals surface area contributed by atoms with Crippen LogP contribution in [0.15, 0.2) is 42.6 Å². The molecule has 2 N–H and O–H groups in total. The molecule has 2 amide bonds. The van der Waals surface area contributed by atoms with E-state index in [1.54, 1.807) is 30.3 Å². The largest absolute Gasteiger partial charge is 0.372 e. The molecule has 0 saturated carbocycles. The van der Waals surface area contributed by atoms with E-state index in [-0.39, 0.29) is 17.9 Å². The summed E-state index contributed by atoms with van der Waals surface area (Å²) in [6, 6.07) is 10.9. The Morgan fingerprint density at radius 3 is 2.96 bits per heavy atom. The van der Waals surface area contributed by atoms with Gasteiger partial charge < -0.3 is 15.5 Å².